The molecule has 2 aromatic heterocycles. The van der Waals surface area contributed by atoms with Crippen molar-refractivity contribution in [3.8, 4) is 5.75 Å². The Bertz CT molecular complexity index is 879. The third kappa shape index (κ3) is 3.66. The van der Waals surface area contributed by atoms with E-state index in [1.54, 1.807) is 25.3 Å². The fourth-order valence-electron chi connectivity index (χ4n) is 2.53. The van der Waals surface area contributed by atoms with Crippen LogP contribution in [-0.4, -0.2) is 21.1 Å². The lowest BCUT2D eigenvalue weighted by atomic mass is 10.2. The molecule has 0 atom stereocenters. The van der Waals surface area contributed by atoms with Gasteiger partial charge in [-0.15, -0.1) is 17.0 Å². The second kappa shape index (κ2) is 8.08. The molecule has 6 heteroatoms. The summed E-state index contributed by atoms with van der Waals surface area (Å²) in [7, 11) is 0. The van der Waals surface area contributed by atoms with Crippen LogP contribution in [0.4, 0.5) is 0 Å². The molecule has 126 valence electrons. The Morgan fingerprint density at radius 2 is 1.92 bits per heavy atom. The summed E-state index contributed by atoms with van der Waals surface area (Å²) in [6.07, 6.45) is 1.97. The average Bonchev–Trinajstić information content (AvgIpc) is 2.58. The van der Waals surface area contributed by atoms with Crippen molar-refractivity contribution >= 4 is 22.6 Å². The summed E-state index contributed by atoms with van der Waals surface area (Å²) >= 11 is 0. The molecule has 0 saturated carbocycles. The number of aliphatic hydroxyl groups is 1. The van der Waals surface area contributed by atoms with Crippen molar-refractivity contribution in [2.24, 2.45) is 0 Å². The number of benzene rings is 1. The third-order valence-electron chi connectivity index (χ3n) is 3.72. The van der Waals surface area contributed by atoms with Crippen LogP contribution in [0.15, 0.2) is 53.5 Å². The quantitative estimate of drug-likeness (QED) is 0.727. The summed E-state index contributed by atoms with van der Waals surface area (Å²) < 4.78 is 7.31. The van der Waals surface area contributed by atoms with Crippen LogP contribution in [0.2, 0.25) is 0 Å². The molecule has 24 heavy (non-hydrogen) atoms. The van der Waals surface area contributed by atoms with Crippen LogP contribution in [0, 0.1) is 6.92 Å². The molecule has 0 aliphatic rings. The minimum Gasteiger partial charge on any atom is -0.485 e. The van der Waals surface area contributed by atoms with Gasteiger partial charge in [-0.1, -0.05) is 30.3 Å². The predicted molar refractivity (Wildman–Crippen MR) is 98.1 cm³/mol. The summed E-state index contributed by atoms with van der Waals surface area (Å²) in [6, 6.07) is 13.4. The lowest BCUT2D eigenvalue weighted by Crippen LogP contribution is -2.22. The number of aryl methyl sites for hydroxylation is 1. The highest BCUT2D eigenvalue weighted by Gasteiger charge is 2.12. The number of hydrogen-bond donors (Lipinski definition) is 1. The van der Waals surface area contributed by atoms with Crippen LogP contribution in [0.5, 0.6) is 5.75 Å². The largest absolute Gasteiger partial charge is 0.485 e. The lowest BCUT2D eigenvalue weighted by Gasteiger charge is -2.12. The minimum absolute atomic E-state index is 0. The summed E-state index contributed by atoms with van der Waals surface area (Å²) in [4.78, 5) is 17.0. The van der Waals surface area contributed by atoms with E-state index in [2.05, 4.69) is 4.98 Å². The Morgan fingerprint density at radius 3 is 2.62 bits per heavy atom. The second-order valence-electron chi connectivity index (χ2n) is 5.29. The van der Waals surface area contributed by atoms with Crippen LogP contribution in [-0.2, 0) is 13.0 Å². The van der Waals surface area contributed by atoms with E-state index in [1.807, 2.05) is 30.3 Å². The zero-order valence-electron chi connectivity index (χ0n) is 13.3. The molecule has 2 heterocycles. The van der Waals surface area contributed by atoms with Crippen LogP contribution in [0.1, 0.15) is 16.8 Å². The van der Waals surface area contributed by atoms with Gasteiger partial charge >= 0.3 is 0 Å². The number of hydrogen-bond acceptors (Lipinski definition) is 4. The molecule has 1 N–H and O–H groups in total. The van der Waals surface area contributed by atoms with Crippen molar-refractivity contribution in [2.45, 2.75) is 20.0 Å². The number of halogens is 1. The van der Waals surface area contributed by atoms with Gasteiger partial charge in [0.05, 0.1) is 0 Å². The first-order valence-corrected chi connectivity index (χ1v) is 7.49. The van der Waals surface area contributed by atoms with Gasteiger partial charge in [0, 0.05) is 30.5 Å². The monoisotopic (exact) mass is 390 g/mol. The molecule has 0 aliphatic heterocycles. The Hall–Kier alpha value is -2.18. The van der Waals surface area contributed by atoms with Crippen molar-refractivity contribution in [3.05, 3.63) is 75.8 Å². The Morgan fingerprint density at radius 1 is 1.17 bits per heavy atom. The molecule has 0 bridgehead atoms. The van der Waals surface area contributed by atoms with E-state index < -0.39 is 0 Å². The molecule has 3 aromatic rings. The maximum absolute atomic E-state index is 12.5. The number of nitrogens with zero attached hydrogens (tertiary/aromatic N) is 2. The van der Waals surface area contributed by atoms with Gasteiger partial charge in [0.2, 0.25) is 0 Å². The fraction of sp³-hybridized carbons (Fsp3) is 0.222. The fourth-order valence-corrected chi connectivity index (χ4v) is 2.53. The van der Waals surface area contributed by atoms with Crippen LogP contribution in [0.25, 0.3) is 5.65 Å². The summed E-state index contributed by atoms with van der Waals surface area (Å²) in [6.45, 7) is 2.11. The zero-order valence-corrected chi connectivity index (χ0v) is 15.0. The van der Waals surface area contributed by atoms with Crippen molar-refractivity contribution in [1.82, 2.24) is 9.38 Å². The van der Waals surface area contributed by atoms with Crippen molar-refractivity contribution < 1.29 is 9.84 Å². The van der Waals surface area contributed by atoms with E-state index in [1.165, 1.54) is 4.40 Å². The first-order valence-electron chi connectivity index (χ1n) is 7.49. The minimum atomic E-state index is -0.160. The van der Waals surface area contributed by atoms with E-state index in [9.17, 15) is 4.79 Å². The molecule has 3 rings (SSSR count). The van der Waals surface area contributed by atoms with Gasteiger partial charge < -0.3 is 9.84 Å². The Balaban J connectivity index is 0.00000208. The van der Waals surface area contributed by atoms with Crippen molar-refractivity contribution in [2.75, 3.05) is 6.61 Å². The third-order valence-corrected chi connectivity index (χ3v) is 3.72. The highest BCUT2D eigenvalue weighted by Crippen LogP contribution is 2.19. The predicted octanol–water partition coefficient (Wildman–Crippen LogP) is 2.69. The first kappa shape index (κ1) is 18.2. The smallest absolute Gasteiger partial charge is 0.261 e. The average molecular weight is 391 g/mol. The van der Waals surface area contributed by atoms with Crippen LogP contribution >= 0.6 is 17.0 Å². The van der Waals surface area contributed by atoms with Crippen molar-refractivity contribution in [1.29, 1.82) is 0 Å². The molecule has 0 spiro atoms. The summed E-state index contributed by atoms with van der Waals surface area (Å²) in [5, 5.41) is 9.10. The maximum atomic E-state index is 12.5. The Labute approximate surface area is 150 Å². The van der Waals surface area contributed by atoms with Gasteiger partial charge in [-0.05, 0) is 24.6 Å². The number of aromatic nitrogens is 2. The van der Waals surface area contributed by atoms with E-state index in [0.717, 1.165) is 5.56 Å². The van der Waals surface area contributed by atoms with E-state index in [0.29, 0.717) is 35.7 Å². The molecule has 5 nitrogen and oxygen atoms in total. The number of pyridine rings is 1. The normalized spacial score (nSPS) is 10.4. The van der Waals surface area contributed by atoms with Crippen LogP contribution < -0.4 is 10.3 Å². The highest BCUT2D eigenvalue weighted by molar-refractivity contribution is 8.93. The van der Waals surface area contributed by atoms with Crippen LogP contribution in [0.3, 0.4) is 0 Å². The van der Waals surface area contributed by atoms with E-state index in [-0.39, 0.29) is 29.1 Å². The molecule has 0 unspecified atom stereocenters. The number of aliphatic hydroxyl groups excluding tert-OH is 1. The highest BCUT2D eigenvalue weighted by atomic mass is 79.9. The first-order chi connectivity index (χ1) is 11.2. The maximum Gasteiger partial charge on any atom is 0.261 e. The van der Waals surface area contributed by atoms with Gasteiger partial charge in [0.1, 0.15) is 6.61 Å². The SMILES string of the molecule is Br.Cc1nc2c(OCc3ccccc3)cccn2c(=O)c1CCO. The number of rotatable bonds is 5. The van der Waals surface area contributed by atoms with Gasteiger partial charge in [0.15, 0.2) is 11.4 Å². The molecule has 0 fully saturated rings. The van der Waals surface area contributed by atoms with Gasteiger partial charge in [0.25, 0.3) is 5.56 Å². The second-order valence-corrected chi connectivity index (χ2v) is 5.29. The summed E-state index contributed by atoms with van der Waals surface area (Å²) in [5.74, 6) is 0.562. The standard InChI is InChI=1S/C18H18N2O3.BrH/c1-13-15(9-11-21)18(22)20-10-5-8-16(17(20)19-13)23-12-14-6-3-2-4-7-14;/h2-8,10,21H,9,11-12H2,1H3;1H. The topological polar surface area (TPSA) is 63.8 Å². The van der Waals surface area contributed by atoms with Gasteiger partial charge in [-0.3, -0.25) is 9.20 Å². The molecule has 0 amide bonds. The molecule has 0 saturated heterocycles. The van der Waals surface area contributed by atoms with Gasteiger partial charge in [-0.25, -0.2) is 4.98 Å². The van der Waals surface area contributed by atoms with E-state index >= 15 is 0 Å². The molecule has 1 aromatic carbocycles. The zero-order chi connectivity index (χ0) is 16.2. The molecule has 0 radical (unpaired) electrons. The lowest BCUT2D eigenvalue weighted by molar-refractivity contribution is 0.298. The molecular formula is C18H19BrN2O3. The summed E-state index contributed by atoms with van der Waals surface area (Å²) in [5.41, 5.74) is 2.54. The van der Waals surface area contributed by atoms with E-state index in [4.69, 9.17) is 9.84 Å². The number of fused-ring (bicyclic) bond motifs is 1. The van der Waals surface area contributed by atoms with Crippen molar-refractivity contribution in [3.63, 3.8) is 0 Å². The number of ether oxygens (including phenoxy) is 1. The Kier molecular flexibility index (Phi) is 6.11. The molecular weight excluding hydrogens is 372 g/mol. The van der Waals surface area contributed by atoms with Gasteiger partial charge in [-0.2, -0.15) is 0 Å². The molecule has 0 aliphatic carbocycles.